The molecule has 0 amide bonds. The van der Waals surface area contributed by atoms with Crippen molar-refractivity contribution in [1.29, 1.82) is 0 Å². The largest absolute Gasteiger partial charge is 0.396 e. The van der Waals surface area contributed by atoms with Gasteiger partial charge in [0.25, 0.3) is 0 Å². The molecule has 0 aromatic rings. The number of hydrogen-bond acceptors (Lipinski definition) is 2. The van der Waals surface area contributed by atoms with Crippen molar-refractivity contribution in [2.24, 2.45) is 0 Å². The van der Waals surface area contributed by atoms with Crippen LogP contribution >= 0.6 is 0 Å². The van der Waals surface area contributed by atoms with E-state index in [9.17, 15) is 13.2 Å². The van der Waals surface area contributed by atoms with Gasteiger partial charge in [-0.2, -0.15) is 0 Å². The first-order valence-electron chi connectivity index (χ1n) is 3.46. The predicted molar refractivity (Wildman–Crippen MR) is 41.4 cm³/mol. The molecule has 0 heterocycles. The SMILES string of the molecule is CO[Si](C)(OC)C(F)C(F)CF. The van der Waals surface area contributed by atoms with Crippen molar-refractivity contribution in [3.05, 3.63) is 0 Å². The van der Waals surface area contributed by atoms with Crippen LogP contribution in [0, 0.1) is 0 Å². The smallest absolute Gasteiger partial charge is 0.373 e. The molecular weight excluding hydrogens is 189 g/mol. The summed E-state index contributed by atoms with van der Waals surface area (Å²) in [6.07, 6.45) is -2.15. The molecule has 0 aromatic heterocycles. The van der Waals surface area contributed by atoms with E-state index in [0.717, 1.165) is 0 Å². The van der Waals surface area contributed by atoms with Crippen LogP contribution in [0.3, 0.4) is 0 Å². The zero-order valence-electron chi connectivity index (χ0n) is 7.31. The van der Waals surface area contributed by atoms with Crippen molar-refractivity contribution < 1.29 is 22.0 Å². The van der Waals surface area contributed by atoms with Crippen LogP contribution in [-0.2, 0) is 8.85 Å². The van der Waals surface area contributed by atoms with Crippen LogP contribution in [0.2, 0.25) is 6.55 Å². The van der Waals surface area contributed by atoms with E-state index in [4.69, 9.17) is 8.85 Å². The van der Waals surface area contributed by atoms with Gasteiger partial charge in [-0.25, -0.2) is 13.2 Å². The molecule has 0 rings (SSSR count). The van der Waals surface area contributed by atoms with Crippen LogP contribution in [0.5, 0.6) is 0 Å². The van der Waals surface area contributed by atoms with E-state index < -0.39 is 27.2 Å². The molecule has 0 bridgehead atoms. The quantitative estimate of drug-likeness (QED) is 0.629. The Hall–Kier alpha value is -0.0731. The minimum absolute atomic E-state index is 1.23. The van der Waals surface area contributed by atoms with Gasteiger partial charge >= 0.3 is 8.56 Å². The van der Waals surface area contributed by atoms with Gasteiger partial charge in [-0.1, -0.05) is 0 Å². The molecule has 0 saturated heterocycles. The number of alkyl halides is 3. The van der Waals surface area contributed by atoms with Gasteiger partial charge in [0.15, 0.2) is 12.0 Å². The zero-order valence-corrected chi connectivity index (χ0v) is 8.31. The lowest BCUT2D eigenvalue weighted by atomic mass is 10.5. The van der Waals surface area contributed by atoms with Gasteiger partial charge in [0.1, 0.15) is 6.67 Å². The van der Waals surface area contributed by atoms with Gasteiger partial charge in [-0.15, -0.1) is 0 Å². The number of rotatable bonds is 5. The molecule has 0 aliphatic carbocycles. The van der Waals surface area contributed by atoms with E-state index in [1.165, 1.54) is 20.8 Å². The Kier molecular flexibility index (Phi) is 4.80. The van der Waals surface area contributed by atoms with Crippen LogP contribution in [0.1, 0.15) is 0 Å². The van der Waals surface area contributed by atoms with Crippen molar-refractivity contribution in [3.8, 4) is 0 Å². The maximum Gasteiger partial charge on any atom is 0.373 e. The maximum absolute atomic E-state index is 13.0. The van der Waals surface area contributed by atoms with E-state index in [0.29, 0.717) is 0 Å². The standard InChI is InChI=1S/C6H13F3O2Si/c1-10-12(3,11-2)6(9)5(8)4-7/h5-6H,4H2,1-3H3. The number of hydrogen-bond donors (Lipinski definition) is 0. The van der Waals surface area contributed by atoms with E-state index in [1.54, 1.807) is 0 Å². The lowest BCUT2D eigenvalue weighted by Crippen LogP contribution is -2.51. The van der Waals surface area contributed by atoms with Crippen molar-refractivity contribution >= 4 is 8.56 Å². The molecule has 0 fully saturated rings. The van der Waals surface area contributed by atoms with E-state index in [-0.39, 0.29) is 0 Å². The number of halogens is 3. The minimum Gasteiger partial charge on any atom is -0.396 e. The molecule has 2 unspecified atom stereocenters. The molecule has 0 saturated carbocycles. The molecule has 0 radical (unpaired) electrons. The molecule has 12 heavy (non-hydrogen) atoms. The Morgan fingerprint density at radius 2 is 1.67 bits per heavy atom. The molecule has 74 valence electrons. The highest BCUT2D eigenvalue weighted by Gasteiger charge is 2.45. The first-order valence-corrected chi connectivity index (χ1v) is 5.85. The maximum atomic E-state index is 13.0. The molecule has 0 aromatic carbocycles. The fourth-order valence-corrected chi connectivity index (χ4v) is 2.08. The summed E-state index contributed by atoms with van der Waals surface area (Å²) in [5, 5.41) is 0. The lowest BCUT2D eigenvalue weighted by molar-refractivity contribution is 0.125. The summed E-state index contributed by atoms with van der Waals surface area (Å²) in [7, 11) is -0.708. The summed E-state index contributed by atoms with van der Waals surface area (Å²) in [5.41, 5.74) is 0. The fourth-order valence-electron chi connectivity index (χ4n) is 0.715. The van der Waals surface area contributed by atoms with Crippen LogP contribution in [0.4, 0.5) is 13.2 Å². The summed E-state index contributed by atoms with van der Waals surface area (Å²) in [6.45, 7) is -0.00359. The second-order valence-corrected chi connectivity index (χ2v) is 5.90. The normalized spacial score (nSPS) is 17.5. The highest BCUT2D eigenvalue weighted by Crippen LogP contribution is 2.19. The molecule has 0 N–H and O–H groups in total. The first kappa shape index (κ1) is 11.9. The van der Waals surface area contributed by atoms with Crippen molar-refractivity contribution in [3.63, 3.8) is 0 Å². The summed E-state index contributed by atoms with van der Waals surface area (Å²) in [5.74, 6) is -1.99. The van der Waals surface area contributed by atoms with Crippen molar-refractivity contribution in [1.82, 2.24) is 0 Å². The molecule has 2 atom stereocenters. The second-order valence-electron chi connectivity index (χ2n) is 2.50. The minimum atomic E-state index is -3.17. The summed E-state index contributed by atoms with van der Waals surface area (Å²) in [6, 6.07) is 0. The van der Waals surface area contributed by atoms with Gasteiger partial charge < -0.3 is 8.85 Å². The predicted octanol–water partition coefficient (Wildman–Crippen LogP) is 1.54. The second kappa shape index (κ2) is 4.83. The van der Waals surface area contributed by atoms with Gasteiger partial charge in [0.2, 0.25) is 0 Å². The molecule has 2 nitrogen and oxygen atoms in total. The van der Waals surface area contributed by atoms with Crippen molar-refractivity contribution in [2.75, 3.05) is 20.9 Å². The average molecular weight is 202 g/mol. The van der Waals surface area contributed by atoms with Crippen LogP contribution in [-0.4, -0.2) is 41.4 Å². The third-order valence-corrected chi connectivity index (χ3v) is 4.76. The molecule has 6 heteroatoms. The summed E-state index contributed by atoms with van der Waals surface area (Å²) >= 11 is 0. The first-order chi connectivity index (χ1) is 5.51. The van der Waals surface area contributed by atoms with Gasteiger partial charge in [-0.05, 0) is 6.55 Å². The molecule has 0 aliphatic rings. The Labute approximate surface area is 70.9 Å². The average Bonchev–Trinajstić information content (AvgIpc) is 2.14. The molecule has 0 aliphatic heterocycles. The summed E-state index contributed by atoms with van der Waals surface area (Å²) in [4.78, 5) is 0. The van der Waals surface area contributed by atoms with E-state index >= 15 is 0 Å². The summed E-state index contributed by atoms with van der Waals surface area (Å²) < 4.78 is 46.7. The lowest BCUT2D eigenvalue weighted by Gasteiger charge is -2.27. The van der Waals surface area contributed by atoms with Gasteiger partial charge in [0, 0.05) is 14.2 Å². The Morgan fingerprint density at radius 3 is 1.92 bits per heavy atom. The fraction of sp³-hybridized carbons (Fsp3) is 1.00. The Balaban J connectivity index is 4.29. The van der Waals surface area contributed by atoms with E-state index in [1.807, 2.05) is 0 Å². The Bertz CT molecular complexity index is 132. The van der Waals surface area contributed by atoms with Crippen LogP contribution in [0.15, 0.2) is 0 Å². The van der Waals surface area contributed by atoms with Gasteiger partial charge in [-0.3, -0.25) is 0 Å². The highest BCUT2D eigenvalue weighted by molar-refractivity contribution is 6.67. The van der Waals surface area contributed by atoms with Gasteiger partial charge in [0.05, 0.1) is 0 Å². The van der Waals surface area contributed by atoms with Crippen molar-refractivity contribution in [2.45, 2.75) is 18.5 Å². The third kappa shape index (κ3) is 2.46. The van der Waals surface area contributed by atoms with Crippen LogP contribution in [0.25, 0.3) is 0 Å². The topological polar surface area (TPSA) is 18.5 Å². The zero-order chi connectivity index (χ0) is 9.78. The third-order valence-electron chi connectivity index (χ3n) is 1.78. The Morgan fingerprint density at radius 1 is 1.25 bits per heavy atom. The highest BCUT2D eigenvalue weighted by atomic mass is 28.4. The molecule has 0 spiro atoms. The van der Waals surface area contributed by atoms with E-state index in [2.05, 4.69) is 0 Å². The molecular formula is C6H13F3O2Si. The monoisotopic (exact) mass is 202 g/mol. The van der Waals surface area contributed by atoms with Crippen LogP contribution < -0.4 is 0 Å².